The van der Waals surface area contributed by atoms with Crippen LogP contribution in [-0.4, -0.2) is 25.8 Å². The van der Waals surface area contributed by atoms with E-state index in [-0.39, 0.29) is 5.91 Å². The van der Waals surface area contributed by atoms with Gasteiger partial charge in [-0.15, -0.1) is 0 Å². The van der Waals surface area contributed by atoms with Crippen LogP contribution in [0, 0.1) is 6.92 Å². The number of hydrogen-bond acceptors (Lipinski definition) is 3. The fraction of sp³-hybridized carbons (Fsp3) is 0.188. The van der Waals surface area contributed by atoms with Gasteiger partial charge in [0.15, 0.2) is 0 Å². The number of halogens is 3. The van der Waals surface area contributed by atoms with E-state index in [2.05, 4.69) is 15.6 Å². The van der Waals surface area contributed by atoms with Crippen LogP contribution in [0.3, 0.4) is 0 Å². The molecule has 0 spiro atoms. The Hall–Kier alpha value is -1.40. The molecule has 1 amide bonds. The van der Waals surface area contributed by atoms with Gasteiger partial charge in [-0.05, 0) is 31.2 Å². The molecule has 8 heteroatoms. The number of carbonyl (C=O) groups is 1. The Bertz CT molecular complexity index is 718. The summed E-state index contributed by atoms with van der Waals surface area (Å²) >= 11 is 23.2. The monoisotopic (exact) mass is 401 g/mol. The number of aromatic nitrogens is 1. The molecule has 0 saturated heterocycles. The molecule has 1 aromatic carbocycles. The lowest BCUT2D eigenvalue weighted by Crippen LogP contribution is -2.55. The van der Waals surface area contributed by atoms with Crippen molar-refractivity contribution in [2.24, 2.45) is 0 Å². The van der Waals surface area contributed by atoms with Crippen molar-refractivity contribution in [3.8, 4) is 0 Å². The van der Waals surface area contributed by atoms with Crippen LogP contribution in [0.25, 0.3) is 0 Å². The minimum Gasteiger partial charge on any atom is -0.352 e. The molecule has 1 atom stereocenters. The van der Waals surface area contributed by atoms with Gasteiger partial charge < -0.3 is 10.6 Å². The lowest BCUT2D eigenvalue weighted by Gasteiger charge is -2.27. The molecule has 2 aromatic rings. The zero-order valence-electron chi connectivity index (χ0n) is 12.6. The van der Waals surface area contributed by atoms with E-state index in [0.717, 1.165) is 5.56 Å². The number of rotatable bonds is 4. The molecule has 126 valence electrons. The van der Waals surface area contributed by atoms with Crippen molar-refractivity contribution in [1.29, 1.82) is 0 Å². The van der Waals surface area contributed by atoms with Gasteiger partial charge in [0.05, 0.1) is 0 Å². The number of thiocarbonyl (C=S) groups is 1. The highest BCUT2D eigenvalue weighted by atomic mass is 35.6. The van der Waals surface area contributed by atoms with Gasteiger partial charge >= 0.3 is 0 Å². The molecule has 0 aliphatic rings. The number of aryl methyl sites for hydroxylation is 1. The van der Waals surface area contributed by atoms with Gasteiger partial charge in [0.1, 0.15) is 11.2 Å². The normalized spacial score (nSPS) is 12.3. The van der Waals surface area contributed by atoms with E-state index in [1.54, 1.807) is 36.7 Å². The Kier molecular flexibility index (Phi) is 6.40. The number of alkyl halides is 3. The maximum Gasteiger partial charge on any atom is 0.252 e. The van der Waals surface area contributed by atoms with Crippen LogP contribution < -0.4 is 10.6 Å². The predicted octanol–water partition coefficient (Wildman–Crippen LogP) is 3.78. The number of carbonyl (C=O) groups excluding carboxylic acids is 1. The van der Waals surface area contributed by atoms with Crippen molar-refractivity contribution >= 4 is 57.9 Å². The van der Waals surface area contributed by atoms with E-state index in [4.69, 9.17) is 47.0 Å². The minimum absolute atomic E-state index is 0.309. The van der Waals surface area contributed by atoms with E-state index < -0.39 is 9.96 Å². The summed E-state index contributed by atoms with van der Waals surface area (Å²) in [4.78, 5) is 16.6. The summed E-state index contributed by atoms with van der Waals surface area (Å²) in [6, 6.07) is 10.5. The molecule has 2 N–H and O–H groups in total. The van der Waals surface area contributed by atoms with Crippen molar-refractivity contribution in [2.75, 3.05) is 0 Å². The van der Waals surface area contributed by atoms with Gasteiger partial charge in [-0.25, -0.2) is 0 Å². The molecule has 2 rings (SSSR count). The second-order valence-electron chi connectivity index (χ2n) is 5.03. The fourth-order valence-electron chi connectivity index (χ4n) is 1.83. The Morgan fingerprint density at radius 1 is 1.12 bits per heavy atom. The van der Waals surface area contributed by atoms with Crippen LogP contribution in [0.1, 0.15) is 21.5 Å². The van der Waals surface area contributed by atoms with Crippen molar-refractivity contribution < 1.29 is 4.79 Å². The molecule has 1 heterocycles. The quantitative estimate of drug-likeness (QED) is 0.464. The third-order valence-corrected chi connectivity index (χ3v) is 4.12. The standard InChI is InChI=1S/C16H14Cl3N3OS/c1-10-4-6-11(7-5-10)13(23)21-15(16(17,18)19)22-14(24)12-3-2-8-20-9-12/h2-9,15H,1H3,(H,21,23)(H,22,24). The van der Waals surface area contributed by atoms with Crippen molar-refractivity contribution in [3.05, 3.63) is 65.5 Å². The number of amides is 1. The summed E-state index contributed by atoms with van der Waals surface area (Å²) in [6.45, 7) is 1.93. The molecule has 0 bridgehead atoms. The zero-order valence-corrected chi connectivity index (χ0v) is 15.7. The first-order chi connectivity index (χ1) is 11.3. The summed E-state index contributed by atoms with van der Waals surface area (Å²) in [7, 11) is 0. The number of nitrogens with zero attached hydrogens (tertiary/aromatic N) is 1. The Balaban J connectivity index is 2.13. The molecule has 0 radical (unpaired) electrons. The molecule has 1 aromatic heterocycles. The summed E-state index contributed by atoms with van der Waals surface area (Å²) in [5.41, 5.74) is 2.14. The topological polar surface area (TPSA) is 54.0 Å². The van der Waals surface area contributed by atoms with Gasteiger partial charge in [0.25, 0.3) is 5.91 Å². The lowest BCUT2D eigenvalue weighted by molar-refractivity contribution is 0.0934. The second kappa shape index (κ2) is 8.12. The van der Waals surface area contributed by atoms with Gasteiger partial charge in [0, 0.05) is 23.5 Å². The SMILES string of the molecule is Cc1ccc(C(=O)NC(NC(=S)c2cccnc2)C(Cl)(Cl)Cl)cc1. The molecule has 24 heavy (non-hydrogen) atoms. The molecule has 0 fully saturated rings. The second-order valence-corrected chi connectivity index (χ2v) is 7.81. The van der Waals surface area contributed by atoms with Crippen LogP contribution in [0.4, 0.5) is 0 Å². The van der Waals surface area contributed by atoms with E-state index >= 15 is 0 Å². The third kappa shape index (κ3) is 5.31. The van der Waals surface area contributed by atoms with Gasteiger partial charge in [-0.2, -0.15) is 0 Å². The zero-order chi connectivity index (χ0) is 17.7. The van der Waals surface area contributed by atoms with E-state index in [9.17, 15) is 4.79 Å². The third-order valence-electron chi connectivity index (χ3n) is 3.12. The minimum atomic E-state index is -1.80. The molecule has 0 saturated carbocycles. The molecular formula is C16H14Cl3N3OS. The van der Waals surface area contributed by atoms with Gasteiger partial charge in [-0.3, -0.25) is 9.78 Å². The van der Waals surface area contributed by atoms with Gasteiger partial charge in [-0.1, -0.05) is 64.7 Å². The van der Waals surface area contributed by atoms with Crippen LogP contribution in [-0.2, 0) is 0 Å². The number of hydrogen-bond donors (Lipinski definition) is 2. The Labute approximate surface area is 160 Å². The average Bonchev–Trinajstić information content (AvgIpc) is 2.54. The highest BCUT2D eigenvalue weighted by molar-refractivity contribution is 7.80. The molecule has 0 aliphatic carbocycles. The predicted molar refractivity (Wildman–Crippen MR) is 102 cm³/mol. The van der Waals surface area contributed by atoms with Crippen molar-refractivity contribution in [3.63, 3.8) is 0 Å². The largest absolute Gasteiger partial charge is 0.352 e. The molecule has 4 nitrogen and oxygen atoms in total. The van der Waals surface area contributed by atoms with Crippen LogP contribution in [0.2, 0.25) is 0 Å². The van der Waals surface area contributed by atoms with Crippen molar-refractivity contribution in [2.45, 2.75) is 16.9 Å². The summed E-state index contributed by atoms with van der Waals surface area (Å²) in [5.74, 6) is -0.382. The van der Waals surface area contributed by atoms with Crippen LogP contribution in [0.5, 0.6) is 0 Å². The summed E-state index contributed by atoms with van der Waals surface area (Å²) in [5, 5.41) is 5.49. The number of nitrogens with one attached hydrogen (secondary N) is 2. The lowest BCUT2D eigenvalue weighted by atomic mass is 10.1. The summed E-state index contributed by atoms with van der Waals surface area (Å²) < 4.78 is -1.80. The summed E-state index contributed by atoms with van der Waals surface area (Å²) in [6.07, 6.45) is 2.19. The number of pyridine rings is 1. The maximum absolute atomic E-state index is 12.3. The first kappa shape index (κ1) is 18.9. The van der Waals surface area contributed by atoms with Crippen LogP contribution >= 0.6 is 47.0 Å². The van der Waals surface area contributed by atoms with Crippen molar-refractivity contribution in [1.82, 2.24) is 15.6 Å². The highest BCUT2D eigenvalue weighted by Crippen LogP contribution is 2.29. The Morgan fingerprint density at radius 3 is 2.33 bits per heavy atom. The molecular weight excluding hydrogens is 389 g/mol. The number of benzene rings is 1. The smallest absolute Gasteiger partial charge is 0.252 e. The molecule has 1 unspecified atom stereocenters. The van der Waals surface area contributed by atoms with Crippen LogP contribution in [0.15, 0.2) is 48.8 Å². The first-order valence-electron chi connectivity index (χ1n) is 6.92. The van der Waals surface area contributed by atoms with Gasteiger partial charge in [0.2, 0.25) is 3.79 Å². The maximum atomic E-state index is 12.3. The first-order valence-corrected chi connectivity index (χ1v) is 8.47. The fourth-order valence-corrected chi connectivity index (χ4v) is 2.40. The average molecular weight is 403 g/mol. The highest BCUT2D eigenvalue weighted by Gasteiger charge is 2.35. The van der Waals surface area contributed by atoms with E-state index in [1.165, 1.54) is 0 Å². The molecule has 0 aliphatic heterocycles. The van der Waals surface area contributed by atoms with E-state index in [0.29, 0.717) is 16.1 Å². The van der Waals surface area contributed by atoms with E-state index in [1.807, 2.05) is 19.1 Å². The Morgan fingerprint density at radius 2 is 1.79 bits per heavy atom.